The van der Waals surface area contributed by atoms with Crippen LogP contribution in [-0.2, 0) is 16.0 Å². The molecule has 1 aromatic carbocycles. The van der Waals surface area contributed by atoms with E-state index in [-0.39, 0.29) is 17.7 Å². The first-order chi connectivity index (χ1) is 8.86. The lowest BCUT2D eigenvalue weighted by Crippen LogP contribution is -2.22. The molecule has 0 heterocycles. The third-order valence-electron chi connectivity index (χ3n) is 2.70. The normalized spacial score (nSPS) is 11.7. The van der Waals surface area contributed by atoms with Crippen molar-refractivity contribution in [3.8, 4) is 5.75 Å². The molecule has 0 amide bonds. The quantitative estimate of drug-likeness (QED) is 0.474. The van der Waals surface area contributed by atoms with Crippen LogP contribution < -0.4 is 4.74 Å². The molecule has 7 heteroatoms. The predicted molar refractivity (Wildman–Crippen MR) is 65.2 cm³/mol. The number of Topliss-reactive ketones (excluding diaryl/α,β-unsaturated/α-hetero) is 1. The van der Waals surface area contributed by atoms with E-state index in [9.17, 15) is 19.7 Å². The van der Waals surface area contributed by atoms with Gasteiger partial charge in [0.05, 0.1) is 12.0 Å². The number of aliphatic carboxylic acids is 1. The van der Waals surface area contributed by atoms with Crippen LogP contribution in [0.5, 0.6) is 5.75 Å². The number of methoxy groups -OCH3 is 1. The number of carboxylic acid groups (broad SMARTS) is 1. The first kappa shape index (κ1) is 14.6. The van der Waals surface area contributed by atoms with Crippen LogP contribution in [0.25, 0.3) is 0 Å². The number of nitro groups is 1. The Morgan fingerprint density at radius 1 is 1.47 bits per heavy atom. The molecular weight excluding hydrogens is 254 g/mol. The van der Waals surface area contributed by atoms with Gasteiger partial charge in [0.15, 0.2) is 5.78 Å². The minimum Gasteiger partial charge on any atom is -0.497 e. The zero-order valence-corrected chi connectivity index (χ0v) is 10.5. The Hall–Kier alpha value is -2.44. The number of nitrogens with zero attached hydrogens (tertiary/aromatic N) is 1. The van der Waals surface area contributed by atoms with Gasteiger partial charge in [0.1, 0.15) is 11.7 Å². The minimum absolute atomic E-state index is 0.141. The van der Waals surface area contributed by atoms with Crippen LogP contribution in [0.1, 0.15) is 12.5 Å². The SMILES string of the molecule is COc1ccc([N+](=O)[O-])c(CC(=O)C(C)C(=O)O)c1. The number of carbonyl (C=O) groups is 2. The van der Waals surface area contributed by atoms with Crippen molar-refractivity contribution in [3.63, 3.8) is 0 Å². The molecule has 1 atom stereocenters. The fourth-order valence-electron chi connectivity index (χ4n) is 1.49. The molecule has 1 aromatic rings. The average molecular weight is 267 g/mol. The first-order valence-corrected chi connectivity index (χ1v) is 5.43. The lowest BCUT2D eigenvalue weighted by molar-refractivity contribution is -0.385. The van der Waals surface area contributed by atoms with Gasteiger partial charge in [-0.25, -0.2) is 0 Å². The van der Waals surface area contributed by atoms with Crippen molar-refractivity contribution in [2.45, 2.75) is 13.3 Å². The highest BCUT2D eigenvalue weighted by Crippen LogP contribution is 2.25. The molecule has 102 valence electrons. The van der Waals surface area contributed by atoms with E-state index in [1.54, 1.807) is 0 Å². The molecule has 0 aliphatic rings. The highest BCUT2D eigenvalue weighted by Gasteiger charge is 2.24. The van der Waals surface area contributed by atoms with E-state index < -0.39 is 22.6 Å². The second-order valence-corrected chi connectivity index (χ2v) is 3.95. The fraction of sp³-hybridized carbons (Fsp3) is 0.333. The Labute approximate surface area is 109 Å². The molecule has 0 saturated carbocycles. The highest BCUT2D eigenvalue weighted by molar-refractivity contribution is 5.99. The lowest BCUT2D eigenvalue weighted by Gasteiger charge is -2.07. The summed E-state index contributed by atoms with van der Waals surface area (Å²) in [4.78, 5) is 32.6. The Kier molecular flexibility index (Phi) is 4.57. The van der Waals surface area contributed by atoms with Gasteiger partial charge in [-0.15, -0.1) is 0 Å². The second-order valence-electron chi connectivity index (χ2n) is 3.95. The maximum atomic E-state index is 11.7. The van der Waals surface area contributed by atoms with Crippen LogP contribution in [0.2, 0.25) is 0 Å². The summed E-state index contributed by atoms with van der Waals surface area (Å²) in [6.45, 7) is 1.25. The van der Waals surface area contributed by atoms with Crippen molar-refractivity contribution >= 4 is 17.4 Å². The number of ether oxygens (including phenoxy) is 1. The van der Waals surface area contributed by atoms with Crippen LogP contribution in [0.4, 0.5) is 5.69 Å². The van der Waals surface area contributed by atoms with Gasteiger partial charge in [-0.1, -0.05) is 0 Å². The van der Waals surface area contributed by atoms with Crippen molar-refractivity contribution in [3.05, 3.63) is 33.9 Å². The maximum absolute atomic E-state index is 11.7. The van der Waals surface area contributed by atoms with Crippen molar-refractivity contribution in [1.29, 1.82) is 0 Å². The molecule has 19 heavy (non-hydrogen) atoms. The van der Waals surface area contributed by atoms with E-state index in [1.807, 2.05) is 0 Å². The topological polar surface area (TPSA) is 107 Å². The summed E-state index contributed by atoms with van der Waals surface area (Å²) in [5.74, 6) is -2.68. The number of carboxylic acids is 1. The largest absolute Gasteiger partial charge is 0.497 e. The number of carbonyl (C=O) groups excluding carboxylic acids is 1. The van der Waals surface area contributed by atoms with Crippen LogP contribution in [-0.4, -0.2) is 28.9 Å². The Morgan fingerprint density at radius 2 is 2.11 bits per heavy atom. The van der Waals surface area contributed by atoms with E-state index in [1.165, 1.54) is 32.2 Å². The third-order valence-corrected chi connectivity index (χ3v) is 2.70. The van der Waals surface area contributed by atoms with Crippen molar-refractivity contribution < 1.29 is 24.4 Å². The molecule has 0 radical (unpaired) electrons. The van der Waals surface area contributed by atoms with Crippen molar-refractivity contribution in [2.24, 2.45) is 5.92 Å². The number of benzene rings is 1. The monoisotopic (exact) mass is 267 g/mol. The molecule has 1 rings (SSSR count). The van der Waals surface area contributed by atoms with Crippen LogP contribution in [0.15, 0.2) is 18.2 Å². The molecule has 0 fully saturated rings. The highest BCUT2D eigenvalue weighted by atomic mass is 16.6. The molecule has 0 bridgehead atoms. The molecule has 0 aromatic heterocycles. The number of hydrogen-bond acceptors (Lipinski definition) is 5. The Balaban J connectivity index is 3.07. The summed E-state index contributed by atoms with van der Waals surface area (Å²) in [5.41, 5.74) is -0.0887. The number of ketones is 1. The third kappa shape index (κ3) is 3.51. The number of rotatable bonds is 6. The summed E-state index contributed by atoms with van der Waals surface area (Å²) in [6.07, 6.45) is -0.318. The summed E-state index contributed by atoms with van der Waals surface area (Å²) in [5, 5.41) is 19.6. The van der Waals surface area contributed by atoms with Crippen LogP contribution >= 0.6 is 0 Å². The maximum Gasteiger partial charge on any atom is 0.313 e. The smallest absolute Gasteiger partial charge is 0.313 e. The van der Waals surface area contributed by atoms with Gasteiger partial charge in [-0.3, -0.25) is 19.7 Å². The average Bonchev–Trinajstić information content (AvgIpc) is 2.36. The van der Waals surface area contributed by atoms with E-state index in [4.69, 9.17) is 9.84 Å². The van der Waals surface area contributed by atoms with E-state index in [0.29, 0.717) is 5.75 Å². The molecule has 7 nitrogen and oxygen atoms in total. The van der Waals surface area contributed by atoms with Gasteiger partial charge < -0.3 is 9.84 Å². The zero-order chi connectivity index (χ0) is 14.6. The van der Waals surface area contributed by atoms with Crippen LogP contribution in [0.3, 0.4) is 0 Å². The van der Waals surface area contributed by atoms with Gasteiger partial charge in [-0.05, 0) is 19.1 Å². The second kappa shape index (κ2) is 5.94. The number of nitro benzene ring substituents is 1. The molecule has 0 spiro atoms. The summed E-state index contributed by atoms with van der Waals surface area (Å²) in [7, 11) is 1.40. The standard InChI is InChI=1S/C12H13NO6/c1-7(12(15)16)11(14)6-8-5-9(19-2)3-4-10(8)13(17)18/h3-5,7H,6H2,1-2H3,(H,15,16). The lowest BCUT2D eigenvalue weighted by atomic mass is 9.98. The first-order valence-electron chi connectivity index (χ1n) is 5.43. The van der Waals surface area contributed by atoms with Crippen molar-refractivity contribution in [1.82, 2.24) is 0 Å². The Morgan fingerprint density at radius 3 is 2.58 bits per heavy atom. The fourth-order valence-corrected chi connectivity index (χ4v) is 1.49. The molecule has 1 unspecified atom stereocenters. The number of hydrogen-bond donors (Lipinski definition) is 1. The van der Waals surface area contributed by atoms with Gasteiger partial charge in [-0.2, -0.15) is 0 Å². The predicted octanol–water partition coefficient (Wildman–Crippen LogP) is 1.44. The molecular formula is C12H13NO6. The Bertz CT molecular complexity index is 525. The van der Waals surface area contributed by atoms with E-state index in [0.717, 1.165) is 0 Å². The van der Waals surface area contributed by atoms with Gasteiger partial charge >= 0.3 is 5.97 Å². The van der Waals surface area contributed by atoms with Crippen LogP contribution in [0, 0.1) is 16.0 Å². The summed E-state index contributed by atoms with van der Waals surface area (Å²) < 4.78 is 4.93. The molecule has 0 aliphatic heterocycles. The van der Waals surface area contributed by atoms with Crippen molar-refractivity contribution in [2.75, 3.05) is 7.11 Å². The molecule has 0 saturated heterocycles. The summed E-state index contributed by atoms with van der Waals surface area (Å²) in [6, 6.07) is 4.00. The molecule has 0 aliphatic carbocycles. The molecule has 1 N–H and O–H groups in total. The minimum atomic E-state index is -1.25. The zero-order valence-electron chi connectivity index (χ0n) is 10.5. The van der Waals surface area contributed by atoms with Gasteiger partial charge in [0.2, 0.25) is 0 Å². The van der Waals surface area contributed by atoms with Gasteiger partial charge in [0, 0.05) is 18.1 Å². The van der Waals surface area contributed by atoms with E-state index in [2.05, 4.69) is 0 Å². The summed E-state index contributed by atoms with van der Waals surface area (Å²) >= 11 is 0. The van der Waals surface area contributed by atoms with E-state index >= 15 is 0 Å². The van der Waals surface area contributed by atoms with Gasteiger partial charge in [0.25, 0.3) is 5.69 Å².